The van der Waals surface area contributed by atoms with E-state index in [0.29, 0.717) is 17.9 Å². The molecule has 1 aromatic carbocycles. The topological polar surface area (TPSA) is 61.4 Å². The normalized spacial score (nSPS) is 13.6. The van der Waals surface area contributed by atoms with Gasteiger partial charge in [-0.15, -0.1) is 6.58 Å². The van der Waals surface area contributed by atoms with Gasteiger partial charge in [-0.1, -0.05) is 18.2 Å². The van der Waals surface area contributed by atoms with Crippen molar-refractivity contribution in [3.8, 4) is 0 Å². The van der Waals surface area contributed by atoms with Gasteiger partial charge in [0.15, 0.2) is 0 Å². The summed E-state index contributed by atoms with van der Waals surface area (Å²) in [6.45, 7) is 3.93. The summed E-state index contributed by atoms with van der Waals surface area (Å²) < 4.78 is 0. The molecule has 1 aliphatic rings. The van der Waals surface area contributed by atoms with Crippen molar-refractivity contribution in [2.24, 2.45) is 0 Å². The van der Waals surface area contributed by atoms with E-state index in [0.717, 1.165) is 0 Å². The Kier molecular flexibility index (Phi) is 3.09. The maximum atomic E-state index is 11.9. The minimum Gasteiger partial charge on any atom is -0.334 e. The molecule has 17 heavy (non-hydrogen) atoms. The van der Waals surface area contributed by atoms with Crippen molar-refractivity contribution in [1.82, 2.24) is 5.32 Å². The first kappa shape index (κ1) is 11.2. The van der Waals surface area contributed by atoms with Crippen molar-refractivity contribution in [3.05, 3.63) is 36.9 Å². The van der Waals surface area contributed by atoms with E-state index in [2.05, 4.69) is 17.2 Å². The third kappa shape index (κ3) is 2.28. The number of amides is 3. The average molecular weight is 231 g/mol. The molecule has 0 atom stereocenters. The monoisotopic (exact) mass is 231 g/mol. The van der Waals surface area contributed by atoms with E-state index in [-0.39, 0.29) is 18.5 Å². The summed E-state index contributed by atoms with van der Waals surface area (Å²) in [5.41, 5.74) is 1.35. The number of hydrogen-bond donors (Lipinski definition) is 2. The molecule has 0 bridgehead atoms. The van der Waals surface area contributed by atoms with Gasteiger partial charge in [0.05, 0.1) is 11.4 Å². The van der Waals surface area contributed by atoms with Crippen LogP contribution in [0.3, 0.4) is 0 Å². The predicted molar refractivity (Wildman–Crippen MR) is 66.0 cm³/mol. The van der Waals surface area contributed by atoms with Gasteiger partial charge in [0.25, 0.3) is 0 Å². The van der Waals surface area contributed by atoms with E-state index in [1.54, 1.807) is 18.2 Å². The van der Waals surface area contributed by atoms with Crippen LogP contribution in [-0.2, 0) is 4.79 Å². The van der Waals surface area contributed by atoms with E-state index in [9.17, 15) is 9.59 Å². The van der Waals surface area contributed by atoms with Gasteiger partial charge in [-0.2, -0.15) is 0 Å². The highest BCUT2D eigenvalue weighted by molar-refractivity contribution is 6.09. The molecule has 2 N–H and O–H groups in total. The Morgan fingerprint density at radius 3 is 3.06 bits per heavy atom. The number of nitrogens with zero attached hydrogens (tertiary/aromatic N) is 1. The molecule has 0 aliphatic carbocycles. The second kappa shape index (κ2) is 4.69. The summed E-state index contributed by atoms with van der Waals surface area (Å²) in [5, 5.41) is 5.37. The number of para-hydroxylation sites is 2. The zero-order valence-corrected chi connectivity index (χ0v) is 9.27. The lowest BCUT2D eigenvalue weighted by atomic mass is 10.2. The number of hydrogen-bond acceptors (Lipinski definition) is 2. The van der Waals surface area contributed by atoms with E-state index >= 15 is 0 Å². The smallest absolute Gasteiger partial charge is 0.322 e. The quantitative estimate of drug-likeness (QED) is 0.754. The first-order valence-electron chi connectivity index (χ1n) is 5.27. The maximum absolute atomic E-state index is 11.9. The zero-order valence-electron chi connectivity index (χ0n) is 9.27. The molecule has 0 radical (unpaired) electrons. The minimum atomic E-state index is -0.299. The van der Waals surface area contributed by atoms with Crippen LogP contribution < -0.4 is 15.5 Å². The fraction of sp³-hybridized carbons (Fsp3) is 0.167. The molecule has 0 saturated carbocycles. The molecule has 88 valence electrons. The van der Waals surface area contributed by atoms with Crippen molar-refractivity contribution in [2.75, 3.05) is 23.3 Å². The number of fused-ring (bicyclic) bond motifs is 1. The first-order chi connectivity index (χ1) is 8.22. The predicted octanol–water partition coefficient (Wildman–Crippen LogP) is 1.34. The standard InChI is InChI=1S/C12H13N3O2/c1-2-7-13-12(17)15-8-11(16)14-9-5-3-4-6-10(9)15/h2-6H,1,7-8H2,(H,13,17)(H,14,16). The molecule has 2 rings (SSSR count). The van der Waals surface area contributed by atoms with Crippen LogP contribution in [0.2, 0.25) is 0 Å². The number of anilines is 2. The molecule has 5 heteroatoms. The van der Waals surface area contributed by atoms with Gasteiger partial charge >= 0.3 is 6.03 Å². The van der Waals surface area contributed by atoms with Crippen LogP contribution in [-0.4, -0.2) is 25.0 Å². The molecule has 3 amide bonds. The Morgan fingerprint density at radius 2 is 2.29 bits per heavy atom. The summed E-state index contributed by atoms with van der Waals surface area (Å²) in [7, 11) is 0. The number of rotatable bonds is 2. The Hall–Kier alpha value is -2.30. The van der Waals surface area contributed by atoms with Gasteiger partial charge in [0, 0.05) is 6.54 Å². The van der Waals surface area contributed by atoms with Crippen LogP contribution >= 0.6 is 0 Å². The van der Waals surface area contributed by atoms with Crippen LogP contribution in [0.1, 0.15) is 0 Å². The van der Waals surface area contributed by atoms with Crippen LogP contribution in [0, 0.1) is 0 Å². The van der Waals surface area contributed by atoms with Crippen molar-refractivity contribution in [3.63, 3.8) is 0 Å². The van der Waals surface area contributed by atoms with Gasteiger partial charge in [0.2, 0.25) is 5.91 Å². The van der Waals surface area contributed by atoms with Crippen molar-refractivity contribution in [1.29, 1.82) is 0 Å². The minimum absolute atomic E-state index is 0.0278. The number of urea groups is 1. The van der Waals surface area contributed by atoms with Gasteiger partial charge in [0.1, 0.15) is 6.54 Å². The van der Waals surface area contributed by atoms with Crippen molar-refractivity contribution in [2.45, 2.75) is 0 Å². The average Bonchev–Trinajstić information content (AvgIpc) is 2.34. The first-order valence-corrected chi connectivity index (χ1v) is 5.27. The van der Waals surface area contributed by atoms with Gasteiger partial charge < -0.3 is 10.6 Å². The molecule has 1 aromatic rings. The van der Waals surface area contributed by atoms with Crippen LogP contribution in [0.5, 0.6) is 0 Å². The maximum Gasteiger partial charge on any atom is 0.322 e. The molecule has 0 unspecified atom stereocenters. The Morgan fingerprint density at radius 1 is 1.53 bits per heavy atom. The number of benzene rings is 1. The molecular weight excluding hydrogens is 218 g/mol. The lowest BCUT2D eigenvalue weighted by Gasteiger charge is -2.28. The Labute approximate surface area is 99.1 Å². The Balaban J connectivity index is 2.26. The molecule has 1 heterocycles. The van der Waals surface area contributed by atoms with E-state index in [1.165, 1.54) is 4.90 Å². The molecule has 0 saturated heterocycles. The fourth-order valence-electron chi connectivity index (χ4n) is 1.67. The highest BCUT2D eigenvalue weighted by atomic mass is 16.2. The highest BCUT2D eigenvalue weighted by Gasteiger charge is 2.25. The lowest BCUT2D eigenvalue weighted by Crippen LogP contribution is -2.47. The van der Waals surface area contributed by atoms with Crippen LogP contribution in [0.25, 0.3) is 0 Å². The summed E-state index contributed by atoms with van der Waals surface area (Å²) in [5.74, 6) is -0.197. The van der Waals surface area contributed by atoms with Gasteiger partial charge in [-0.25, -0.2) is 4.79 Å². The fourth-order valence-corrected chi connectivity index (χ4v) is 1.67. The van der Waals surface area contributed by atoms with Crippen LogP contribution in [0.4, 0.5) is 16.2 Å². The Bertz CT molecular complexity index is 471. The summed E-state index contributed by atoms with van der Waals surface area (Å²) in [4.78, 5) is 24.7. The van der Waals surface area contributed by atoms with E-state index in [1.807, 2.05) is 12.1 Å². The second-order valence-electron chi connectivity index (χ2n) is 3.63. The SMILES string of the molecule is C=CCNC(=O)N1CC(=O)Nc2ccccc21. The largest absolute Gasteiger partial charge is 0.334 e. The molecule has 5 nitrogen and oxygen atoms in total. The zero-order chi connectivity index (χ0) is 12.3. The van der Waals surface area contributed by atoms with Gasteiger partial charge in [-0.3, -0.25) is 9.69 Å². The molecular formula is C12H13N3O2. The third-order valence-corrected chi connectivity index (χ3v) is 2.41. The second-order valence-corrected chi connectivity index (χ2v) is 3.63. The third-order valence-electron chi connectivity index (χ3n) is 2.41. The molecule has 1 aliphatic heterocycles. The molecule has 0 aromatic heterocycles. The molecule has 0 spiro atoms. The highest BCUT2D eigenvalue weighted by Crippen LogP contribution is 2.28. The van der Waals surface area contributed by atoms with E-state index < -0.39 is 0 Å². The summed E-state index contributed by atoms with van der Waals surface area (Å²) >= 11 is 0. The molecule has 0 fully saturated rings. The summed E-state index contributed by atoms with van der Waals surface area (Å²) in [6.07, 6.45) is 1.59. The van der Waals surface area contributed by atoms with Crippen molar-refractivity contribution >= 4 is 23.3 Å². The van der Waals surface area contributed by atoms with Crippen LogP contribution in [0.15, 0.2) is 36.9 Å². The van der Waals surface area contributed by atoms with E-state index in [4.69, 9.17) is 0 Å². The number of carbonyl (C=O) groups excluding carboxylic acids is 2. The summed E-state index contributed by atoms with van der Waals surface area (Å²) in [6, 6.07) is 6.89. The number of carbonyl (C=O) groups is 2. The van der Waals surface area contributed by atoms with Gasteiger partial charge in [-0.05, 0) is 12.1 Å². The van der Waals surface area contributed by atoms with Crippen molar-refractivity contribution < 1.29 is 9.59 Å². The number of nitrogens with one attached hydrogen (secondary N) is 2. The lowest BCUT2D eigenvalue weighted by molar-refractivity contribution is -0.115.